The van der Waals surface area contributed by atoms with Gasteiger partial charge in [0, 0.05) is 5.56 Å². The maximum Gasteiger partial charge on any atom is 0.414 e. The molecule has 0 aromatic heterocycles. The standard InChI is InChI=1S/C14H16F3NO4/c1-22-13(21)10(7-8-11(19)14(15,16)17)18-12(20)9-5-3-2-4-6-9/h2-6,10-11,19H,7-8H2,1H3,(H,18,20). The quantitative estimate of drug-likeness (QED) is 0.782. The first kappa shape index (κ1) is 18.0. The molecule has 0 aliphatic heterocycles. The molecule has 0 aliphatic rings. The predicted octanol–water partition coefficient (Wildman–Crippen LogP) is 1.66. The zero-order valence-electron chi connectivity index (χ0n) is 11.8. The summed E-state index contributed by atoms with van der Waals surface area (Å²) in [4.78, 5) is 23.5. The number of alkyl halides is 3. The van der Waals surface area contributed by atoms with Crippen LogP contribution in [0.1, 0.15) is 23.2 Å². The Hall–Kier alpha value is -2.09. The minimum absolute atomic E-state index is 0.257. The monoisotopic (exact) mass is 319 g/mol. The number of methoxy groups -OCH3 is 1. The van der Waals surface area contributed by atoms with Gasteiger partial charge in [0.15, 0.2) is 0 Å². The fraction of sp³-hybridized carbons (Fsp3) is 0.429. The third-order valence-electron chi connectivity index (χ3n) is 2.93. The Morgan fingerprint density at radius 2 is 1.82 bits per heavy atom. The van der Waals surface area contributed by atoms with Crippen LogP contribution in [0.5, 0.6) is 0 Å². The van der Waals surface area contributed by atoms with Gasteiger partial charge in [-0.2, -0.15) is 13.2 Å². The molecule has 1 aromatic carbocycles. The van der Waals surface area contributed by atoms with Gasteiger partial charge in [0.05, 0.1) is 7.11 Å². The number of hydrogen-bond acceptors (Lipinski definition) is 4. The van der Waals surface area contributed by atoms with Crippen LogP contribution in [0.4, 0.5) is 13.2 Å². The number of carbonyl (C=O) groups excluding carboxylic acids is 2. The number of carbonyl (C=O) groups is 2. The first-order valence-electron chi connectivity index (χ1n) is 6.44. The van der Waals surface area contributed by atoms with Crippen LogP contribution in [0.2, 0.25) is 0 Å². The van der Waals surface area contributed by atoms with Gasteiger partial charge in [-0.1, -0.05) is 18.2 Å². The van der Waals surface area contributed by atoms with E-state index in [1.165, 1.54) is 12.1 Å². The second kappa shape index (κ2) is 7.79. The van der Waals surface area contributed by atoms with Gasteiger partial charge in [-0.3, -0.25) is 4.79 Å². The fourth-order valence-electron chi connectivity index (χ4n) is 1.71. The lowest BCUT2D eigenvalue weighted by Crippen LogP contribution is -2.42. The first-order chi connectivity index (χ1) is 10.3. The topological polar surface area (TPSA) is 75.6 Å². The summed E-state index contributed by atoms with van der Waals surface area (Å²) in [5.74, 6) is -1.49. The Labute approximate surface area is 125 Å². The molecule has 0 saturated carbocycles. The Kier molecular flexibility index (Phi) is 6.36. The lowest BCUT2D eigenvalue weighted by molar-refractivity contribution is -0.206. The largest absolute Gasteiger partial charge is 0.467 e. The summed E-state index contributed by atoms with van der Waals surface area (Å²) in [6.07, 6.45) is -8.46. The van der Waals surface area contributed by atoms with Crippen molar-refractivity contribution in [3.8, 4) is 0 Å². The van der Waals surface area contributed by atoms with E-state index in [9.17, 15) is 22.8 Å². The van der Waals surface area contributed by atoms with Crippen molar-refractivity contribution in [1.29, 1.82) is 0 Å². The van der Waals surface area contributed by atoms with Gasteiger partial charge in [0.1, 0.15) is 12.1 Å². The van der Waals surface area contributed by atoms with Crippen molar-refractivity contribution in [1.82, 2.24) is 5.32 Å². The van der Waals surface area contributed by atoms with E-state index >= 15 is 0 Å². The zero-order valence-corrected chi connectivity index (χ0v) is 11.8. The number of benzene rings is 1. The fourth-order valence-corrected chi connectivity index (χ4v) is 1.71. The molecule has 0 radical (unpaired) electrons. The Morgan fingerprint density at radius 1 is 1.23 bits per heavy atom. The Bertz CT molecular complexity index is 505. The number of amides is 1. The van der Waals surface area contributed by atoms with Crippen LogP contribution in [0.3, 0.4) is 0 Å². The van der Waals surface area contributed by atoms with E-state index in [2.05, 4.69) is 10.1 Å². The van der Waals surface area contributed by atoms with Crippen LogP contribution in [-0.4, -0.2) is 42.4 Å². The van der Waals surface area contributed by atoms with Crippen molar-refractivity contribution in [2.75, 3.05) is 7.11 Å². The number of nitrogens with one attached hydrogen (secondary N) is 1. The molecule has 0 spiro atoms. The Morgan fingerprint density at radius 3 is 2.32 bits per heavy atom. The highest BCUT2D eigenvalue weighted by molar-refractivity contribution is 5.96. The van der Waals surface area contributed by atoms with Gasteiger partial charge >= 0.3 is 12.1 Å². The summed E-state index contributed by atoms with van der Waals surface area (Å²) in [6, 6.07) is 6.62. The van der Waals surface area contributed by atoms with Crippen molar-refractivity contribution in [3.63, 3.8) is 0 Å². The smallest absolute Gasteiger partial charge is 0.414 e. The first-order valence-corrected chi connectivity index (χ1v) is 6.44. The lowest BCUT2D eigenvalue weighted by Gasteiger charge is -2.19. The molecule has 5 nitrogen and oxygen atoms in total. The van der Waals surface area contributed by atoms with E-state index in [1.807, 2.05) is 0 Å². The number of esters is 1. The number of rotatable bonds is 6. The molecule has 0 saturated heterocycles. The minimum Gasteiger partial charge on any atom is -0.467 e. The Balaban J connectivity index is 2.69. The number of aliphatic hydroxyl groups excluding tert-OH is 1. The maximum absolute atomic E-state index is 12.3. The van der Waals surface area contributed by atoms with Crippen LogP contribution in [0.25, 0.3) is 0 Å². The summed E-state index contributed by atoms with van der Waals surface area (Å²) >= 11 is 0. The summed E-state index contributed by atoms with van der Waals surface area (Å²) < 4.78 is 41.2. The normalized spacial score (nSPS) is 14.0. The molecular weight excluding hydrogens is 303 g/mol. The van der Waals surface area contributed by atoms with Crippen LogP contribution >= 0.6 is 0 Å². The molecule has 2 N–H and O–H groups in total. The van der Waals surface area contributed by atoms with E-state index in [4.69, 9.17) is 5.11 Å². The van der Waals surface area contributed by atoms with Crippen molar-refractivity contribution in [2.45, 2.75) is 31.2 Å². The molecule has 0 fully saturated rings. The molecule has 122 valence electrons. The van der Waals surface area contributed by atoms with Gasteiger partial charge in [-0.05, 0) is 25.0 Å². The van der Waals surface area contributed by atoms with E-state index in [0.717, 1.165) is 7.11 Å². The molecule has 1 rings (SSSR count). The van der Waals surface area contributed by atoms with E-state index < -0.39 is 43.0 Å². The molecule has 0 aliphatic carbocycles. The van der Waals surface area contributed by atoms with Crippen LogP contribution in [0, 0.1) is 0 Å². The molecule has 2 atom stereocenters. The van der Waals surface area contributed by atoms with Crippen molar-refractivity contribution in [3.05, 3.63) is 35.9 Å². The van der Waals surface area contributed by atoms with Crippen molar-refractivity contribution >= 4 is 11.9 Å². The highest BCUT2D eigenvalue weighted by Crippen LogP contribution is 2.23. The third kappa shape index (κ3) is 5.36. The molecule has 0 bridgehead atoms. The molecule has 22 heavy (non-hydrogen) atoms. The molecule has 1 aromatic rings. The van der Waals surface area contributed by atoms with E-state index in [0.29, 0.717) is 0 Å². The molecule has 0 heterocycles. The van der Waals surface area contributed by atoms with Gasteiger partial charge in [0.2, 0.25) is 0 Å². The van der Waals surface area contributed by atoms with Gasteiger partial charge in [-0.25, -0.2) is 4.79 Å². The highest BCUT2D eigenvalue weighted by Gasteiger charge is 2.38. The second-order valence-corrected chi connectivity index (χ2v) is 4.55. The van der Waals surface area contributed by atoms with Gasteiger partial charge in [0.25, 0.3) is 5.91 Å². The maximum atomic E-state index is 12.3. The van der Waals surface area contributed by atoms with Crippen molar-refractivity contribution < 1.29 is 32.6 Å². The van der Waals surface area contributed by atoms with Crippen LogP contribution in [-0.2, 0) is 9.53 Å². The van der Waals surface area contributed by atoms with Crippen LogP contribution < -0.4 is 5.32 Å². The SMILES string of the molecule is COC(=O)C(CCC(O)C(F)(F)F)NC(=O)c1ccccc1. The number of hydrogen-bond donors (Lipinski definition) is 2. The van der Waals surface area contributed by atoms with E-state index in [-0.39, 0.29) is 5.56 Å². The van der Waals surface area contributed by atoms with Crippen LogP contribution in [0.15, 0.2) is 30.3 Å². The molecule has 8 heteroatoms. The van der Waals surface area contributed by atoms with Gasteiger partial charge < -0.3 is 15.2 Å². The third-order valence-corrected chi connectivity index (χ3v) is 2.93. The number of ether oxygens (including phenoxy) is 1. The van der Waals surface area contributed by atoms with Crippen molar-refractivity contribution in [2.24, 2.45) is 0 Å². The molecule has 2 unspecified atom stereocenters. The number of aliphatic hydroxyl groups is 1. The average molecular weight is 319 g/mol. The summed E-state index contributed by atoms with van der Waals surface area (Å²) in [6.45, 7) is 0. The predicted molar refractivity (Wildman–Crippen MR) is 71.0 cm³/mol. The summed E-state index contributed by atoms with van der Waals surface area (Å²) in [5.41, 5.74) is 0.257. The minimum atomic E-state index is -4.77. The summed E-state index contributed by atoms with van der Waals surface area (Å²) in [5, 5.41) is 11.2. The highest BCUT2D eigenvalue weighted by atomic mass is 19.4. The zero-order chi connectivity index (χ0) is 16.8. The average Bonchev–Trinajstić information content (AvgIpc) is 2.49. The summed E-state index contributed by atoms with van der Waals surface area (Å²) in [7, 11) is 1.06. The number of halogens is 3. The molecular formula is C14H16F3NO4. The molecule has 1 amide bonds. The van der Waals surface area contributed by atoms with E-state index in [1.54, 1.807) is 18.2 Å². The van der Waals surface area contributed by atoms with Gasteiger partial charge in [-0.15, -0.1) is 0 Å². The second-order valence-electron chi connectivity index (χ2n) is 4.55. The lowest BCUT2D eigenvalue weighted by atomic mass is 10.1.